The van der Waals surface area contributed by atoms with E-state index in [1.54, 1.807) is 11.8 Å². The number of hydrogen-bond acceptors (Lipinski definition) is 4. The molecular formula is C17H29NO2S. The number of ether oxygens (including phenoxy) is 1. The van der Waals surface area contributed by atoms with Gasteiger partial charge in [0.1, 0.15) is 0 Å². The van der Waals surface area contributed by atoms with Crippen LogP contribution in [0.1, 0.15) is 33.3 Å². The monoisotopic (exact) mass is 311 g/mol. The van der Waals surface area contributed by atoms with E-state index in [0.29, 0.717) is 18.3 Å². The van der Waals surface area contributed by atoms with Crippen LogP contribution in [0.2, 0.25) is 0 Å². The van der Waals surface area contributed by atoms with Crippen LogP contribution in [0.25, 0.3) is 0 Å². The fourth-order valence-corrected chi connectivity index (χ4v) is 2.56. The molecule has 1 atom stereocenters. The molecule has 1 aromatic rings. The molecule has 0 heterocycles. The SMILES string of the molecule is CC(C)CNCc1ccc(SCC(O)COC(C)C)cc1. The maximum Gasteiger partial charge on any atom is 0.0867 e. The highest BCUT2D eigenvalue weighted by atomic mass is 32.2. The van der Waals surface area contributed by atoms with Crippen molar-refractivity contribution >= 4 is 11.8 Å². The second-order valence-electron chi connectivity index (χ2n) is 6.02. The molecule has 0 spiro atoms. The fourth-order valence-electron chi connectivity index (χ4n) is 1.75. The Kier molecular flexibility index (Phi) is 9.00. The van der Waals surface area contributed by atoms with E-state index in [1.807, 2.05) is 13.8 Å². The Bertz CT molecular complexity index is 379. The highest BCUT2D eigenvalue weighted by molar-refractivity contribution is 7.99. The number of aliphatic hydroxyl groups excluding tert-OH is 1. The molecule has 0 amide bonds. The summed E-state index contributed by atoms with van der Waals surface area (Å²) in [4.78, 5) is 1.19. The summed E-state index contributed by atoms with van der Waals surface area (Å²) >= 11 is 1.67. The number of nitrogens with one attached hydrogen (secondary N) is 1. The predicted molar refractivity (Wildman–Crippen MR) is 90.8 cm³/mol. The van der Waals surface area contributed by atoms with Gasteiger partial charge in [0.05, 0.1) is 18.8 Å². The zero-order valence-corrected chi connectivity index (χ0v) is 14.5. The van der Waals surface area contributed by atoms with Crippen molar-refractivity contribution in [3.63, 3.8) is 0 Å². The number of thioether (sulfide) groups is 1. The summed E-state index contributed by atoms with van der Waals surface area (Å²) < 4.78 is 5.40. The standard InChI is InChI=1S/C17H29NO2S/c1-13(2)9-18-10-15-5-7-17(8-6-15)21-12-16(19)11-20-14(3)4/h5-8,13-14,16,18-19H,9-12H2,1-4H3. The van der Waals surface area contributed by atoms with Crippen LogP contribution < -0.4 is 5.32 Å². The number of benzene rings is 1. The average molecular weight is 311 g/mol. The molecule has 3 nitrogen and oxygen atoms in total. The summed E-state index contributed by atoms with van der Waals surface area (Å²) in [6, 6.07) is 8.53. The zero-order chi connectivity index (χ0) is 15.7. The first-order valence-corrected chi connectivity index (χ1v) is 8.68. The van der Waals surface area contributed by atoms with E-state index >= 15 is 0 Å². The van der Waals surface area contributed by atoms with Crippen molar-refractivity contribution in [3.8, 4) is 0 Å². The summed E-state index contributed by atoms with van der Waals surface area (Å²) in [5.74, 6) is 1.34. The Labute approximate surface area is 133 Å². The van der Waals surface area contributed by atoms with Crippen LogP contribution in [0, 0.1) is 5.92 Å². The number of aliphatic hydroxyl groups is 1. The van der Waals surface area contributed by atoms with Crippen LogP contribution in [0.4, 0.5) is 0 Å². The van der Waals surface area contributed by atoms with E-state index in [2.05, 4.69) is 43.4 Å². The van der Waals surface area contributed by atoms with Crippen molar-refractivity contribution in [2.24, 2.45) is 5.92 Å². The summed E-state index contributed by atoms with van der Waals surface area (Å²) in [6.45, 7) is 10.7. The third-order valence-electron chi connectivity index (χ3n) is 2.87. The van der Waals surface area contributed by atoms with Gasteiger partial charge in [0.2, 0.25) is 0 Å². The Balaban J connectivity index is 2.27. The third-order valence-corrected chi connectivity index (χ3v) is 4.03. The molecule has 0 aliphatic rings. The second-order valence-corrected chi connectivity index (χ2v) is 7.11. The van der Waals surface area contributed by atoms with Crippen LogP contribution in [0.15, 0.2) is 29.2 Å². The van der Waals surface area contributed by atoms with Gasteiger partial charge in [0, 0.05) is 17.2 Å². The topological polar surface area (TPSA) is 41.5 Å². The second kappa shape index (κ2) is 10.2. The molecule has 0 saturated heterocycles. The van der Waals surface area contributed by atoms with Crippen LogP contribution in [-0.4, -0.2) is 36.2 Å². The Morgan fingerprint density at radius 2 is 1.81 bits per heavy atom. The van der Waals surface area contributed by atoms with Gasteiger partial charge in [-0.2, -0.15) is 0 Å². The van der Waals surface area contributed by atoms with Crippen LogP contribution in [0.5, 0.6) is 0 Å². The fraction of sp³-hybridized carbons (Fsp3) is 0.647. The highest BCUT2D eigenvalue weighted by Crippen LogP contribution is 2.19. The van der Waals surface area contributed by atoms with Crippen LogP contribution >= 0.6 is 11.8 Å². The van der Waals surface area contributed by atoms with Crippen molar-refractivity contribution in [1.29, 1.82) is 0 Å². The van der Waals surface area contributed by atoms with Crippen LogP contribution in [0.3, 0.4) is 0 Å². The van der Waals surface area contributed by atoms with Crippen molar-refractivity contribution in [1.82, 2.24) is 5.32 Å². The van der Waals surface area contributed by atoms with Crippen molar-refractivity contribution in [3.05, 3.63) is 29.8 Å². The van der Waals surface area contributed by atoms with Gasteiger partial charge in [-0.1, -0.05) is 26.0 Å². The minimum absolute atomic E-state index is 0.169. The normalized spacial score (nSPS) is 13.1. The van der Waals surface area contributed by atoms with Crippen molar-refractivity contribution < 1.29 is 9.84 Å². The maximum absolute atomic E-state index is 9.83. The molecule has 0 saturated carbocycles. The van der Waals surface area contributed by atoms with E-state index in [9.17, 15) is 5.11 Å². The molecule has 0 fully saturated rings. The van der Waals surface area contributed by atoms with Gasteiger partial charge < -0.3 is 15.2 Å². The lowest BCUT2D eigenvalue weighted by Gasteiger charge is -2.13. The van der Waals surface area contributed by atoms with E-state index in [1.165, 1.54) is 10.5 Å². The number of rotatable bonds is 10. The van der Waals surface area contributed by atoms with Gasteiger partial charge in [0.15, 0.2) is 0 Å². The highest BCUT2D eigenvalue weighted by Gasteiger charge is 2.06. The van der Waals surface area contributed by atoms with E-state index in [-0.39, 0.29) is 6.10 Å². The first-order chi connectivity index (χ1) is 9.97. The minimum Gasteiger partial charge on any atom is -0.390 e. The molecule has 21 heavy (non-hydrogen) atoms. The molecule has 0 radical (unpaired) electrons. The molecule has 0 aromatic heterocycles. The molecule has 0 aliphatic heterocycles. The van der Waals surface area contributed by atoms with Crippen molar-refractivity contribution in [2.45, 2.75) is 51.3 Å². The first-order valence-electron chi connectivity index (χ1n) is 7.69. The lowest BCUT2D eigenvalue weighted by Crippen LogP contribution is -2.20. The number of hydrogen-bond donors (Lipinski definition) is 2. The molecule has 120 valence electrons. The third kappa shape index (κ3) is 9.14. The van der Waals surface area contributed by atoms with E-state index < -0.39 is 6.10 Å². The smallest absolute Gasteiger partial charge is 0.0867 e. The summed E-state index contributed by atoms with van der Waals surface area (Å²) in [6.07, 6.45) is -0.243. The lowest BCUT2D eigenvalue weighted by atomic mass is 10.2. The Morgan fingerprint density at radius 3 is 2.38 bits per heavy atom. The Morgan fingerprint density at radius 1 is 1.14 bits per heavy atom. The molecule has 1 rings (SSSR count). The average Bonchev–Trinajstić information content (AvgIpc) is 2.44. The molecule has 0 bridgehead atoms. The minimum atomic E-state index is -0.412. The van der Waals surface area contributed by atoms with Gasteiger partial charge in [-0.25, -0.2) is 0 Å². The van der Waals surface area contributed by atoms with Crippen molar-refractivity contribution in [2.75, 3.05) is 18.9 Å². The lowest BCUT2D eigenvalue weighted by molar-refractivity contribution is 0.0152. The van der Waals surface area contributed by atoms with Gasteiger partial charge in [-0.05, 0) is 44.0 Å². The quantitative estimate of drug-likeness (QED) is 0.651. The zero-order valence-electron chi connectivity index (χ0n) is 13.6. The maximum atomic E-state index is 9.83. The van der Waals surface area contributed by atoms with Gasteiger partial charge in [-0.15, -0.1) is 11.8 Å². The molecule has 0 aliphatic carbocycles. The summed E-state index contributed by atoms with van der Waals surface area (Å²) in [7, 11) is 0. The predicted octanol–water partition coefficient (Wildman–Crippen LogP) is 3.31. The first kappa shape index (κ1) is 18.5. The summed E-state index contributed by atoms with van der Waals surface area (Å²) in [5, 5.41) is 13.3. The Hall–Kier alpha value is -0.550. The largest absolute Gasteiger partial charge is 0.390 e. The summed E-state index contributed by atoms with van der Waals surface area (Å²) in [5.41, 5.74) is 1.30. The van der Waals surface area contributed by atoms with Gasteiger partial charge in [-0.3, -0.25) is 0 Å². The van der Waals surface area contributed by atoms with E-state index in [0.717, 1.165) is 13.1 Å². The molecular weight excluding hydrogens is 282 g/mol. The van der Waals surface area contributed by atoms with E-state index in [4.69, 9.17) is 4.74 Å². The van der Waals surface area contributed by atoms with Crippen LogP contribution in [-0.2, 0) is 11.3 Å². The molecule has 1 aromatic carbocycles. The molecule has 1 unspecified atom stereocenters. The molecule has 4 heteroatoms. The van der Waals surface area contributed by atoms with Gasteiger partial charge in [0.25, 0.3) is 0 Å². The van der Waals surface area contributed by atoms with Gasteiger partial charge >= 0.3 is 0 Å². The molecule has 2 N–H and O–H groups in total.